The average Bonchev–Trinajstić information content (AvgIpc) is 3.73. The van der Waals surface area contributed by atoms with Crippen molar-refractivity contribution in [3.63, 3.8) is 0 Å². The van der Waals surface area contributed by atoms with Gasteiger partial charge in [-0.05, 0) is 63.9 Å². The van der Waals surface area contributed by atoms with Crippen LogP contribution in [0.5, 0.6) is 0 Å². The molecule has 0 saturated heterocycles. The van der Waals surface area contributed by atoms with Crippen molar-refractivity contribution >= 4 is 19.7 Å². The van der Waals surface area contributed by atoms with E-state index < -0.39 is 20.0 Å². The number of unbranched alkanes of at least 4 members (excludes halogenated alkanes) is 55. The Morgan fingerprint density at radius 3 is 1.01 bits per heavy atom. The van der Waals surface area contributed by atoms with Gasteiger partial charge in [-0.15, -0.1) is 0 Å². The van der Waals surface area contributed by atoms with Crippen LogP contribution in [0.4, 0.5) is 0 Å². The first-order valence-corrected chi connectivity index (χ1v) is 41.8. The van der Waals surface area contributed by atoms with Gasteiger partial charge in [0.1, 0.15) is 19.3 Å². The van der Waals surface area contributed by atoms with E-state index in [1.807, 2.05) is 33.3 Å². The molecule has 0 aliphatic heterocycles. The minimum Gasteiger partial charge on any atom is -0.756 e. The Balaban J connectivity index is 4.91. The van der Waals surface area contributed by atoms with Gasteiger partial charge in [0.25, 0.3) is 7.82 Å². The van der Waals surface area contributed by atoms with E-state index in [4.69, 9.17) is 13.8 Å². The van der Waals surface area contributed by atoms with Gasteiger partial charge < -0.3 is 28.5 Å². The third-order valence-electron chi connectivity index (χ3n) is 18.6. The Bertz CT molecular complexity index is 1650. The van der Waals surface area contributed by atoms with Crippen LogP contribution in [0, 0.1) is 0 Å². The molecule has 0 aliphatic carbocycles. The lowest BCUT2D eigenvalue weighted by molar-refractivity contribution is -0.870. The van der Waals surface area contributed by atoms with Crippen LogP contribution in [0.15, 0.2) is 36.5 Å². The third kappa shape index (κ3) is 72.3. The molecule has 0 bridgehead atoms. The lowest BCUT2D eigenvalue weighted by Crippen LogP contribution is -2.47. The van der Waals surface area contributed by atoms with E-state index in [9.17, 15) is 19.0 Å². The second-order valence-electron chi connectivity index (χ2n) is 28.9. The first-order valence-electron chi connectivity index (χ1n) is 40.3. The number of carbonyl (C=O) groups excluding carboxylic acids is 2. The fourth-order valence-corrected chi connectivity index (χ4v) is 13.1. The fraction of sp³-hybridized carbons (Fsp3) is 0.901. The summed E-state index contributed by atoms with van der Waals surface area (Å²) < 4.78 is 30.6. The highest BCUT2D eigenvalue weighted by Gasteiger charge is 2.27. The molecule has 3 atom stereocenters. The Hall–Kier alpha value is -1.77. The van der Waals surface area contributed by atoms with Gasteiger partial charge in [-0.1, -0.05) is 379 Å². The van der Waals surface area contributed by atoms with Crippen LogP contribution < -0.4 is 10.2 Å². The quantitative estimate of drug-likeness (QED) is 0.0212. The van der Waals surface area contributed by atoms with Crippen LogP contribution in [-0.2, 0) is 27.9 Å². The Morgan fingerprint density at radius 2 is 0.670 bits per heavy atom. The number of rotatable bonds is 75. The van der Waals surface area contributed by atoms with Gasteiger partial charge in [0.15, 0.2) is 0 Å². The maximum Gasteiger partial charge on any atom is 0.306 e. The summed E-state index contributed by atoms with van der Waals surface area (Å²) in [5.74, 6) is -0.513. The number of amides is 1. The SMILES string of the molecule is CCCCC/C=C\C/C=C\CCCCCCCCCCCCCCCCCCCC(=O)OC(/C=C/CCCCCCCCCCCCC)C(COP(=O)([O-])OCC[N+](C)(C)C)NC(=O)CCCCCCCCCCCCCCCCCCCCCCCCCCC. The van der Waals surface area contributed by atoms with E-state index in [0.717, 1.165) is 64.2 Å². The number of phosphoric acid groups is 1. The van der Waals surface area contributed by atoms with Gasteiger partial charge in [-0.3, -0.25) is 14.2 Å². The zero-order chi connectivity index (χ0) is 66.3. The first-order chi connectivity index (χ1) is 44.4. The first kappa shape index (κ1) is 89.2. The van der Waals surface area contributed by atoms with Crippen LogP contribution in [0.1, 0.15) is 419 Å². The van der Waals surface area contributed by atoms with Crippen molar-refractivity contribution in [2.75, 3.05) is 40.9 Å². The fourth-order valence-electron chi connectivity index (χ4n) is 12.4. The second kappa shape index (κ2) is 71.0. The highest BCUT2D eigenvalue weighted by atomic mass is 31.2. The zero-order valence-corrected chi connectivity index (χ0v) is 62.7. The number of quaternary nitrogens is 1. The van der Waals surface area contributed by atoms with Gasteiger partial charge in [0.2, 0.25) is 5.91 Å². The Labute approximate surface area is 567 Å². The second-order valence-corrected chi connectivity index (χ2v) is 30.3. The van der Waals surface area contributed by atoms with E-state index >= 15 is 0 Å². The molecule has 1 amide bonds. The van der Waals surface area contributed by atoms with Crippen molar-refractivity contribution in [2.24, 2.45) is 0 Å². The molecule has 0 spiro atoms. The lowest BCUT2D eigenvalue weighted by Gasteiger charge is -2.30. The predicted octanol–water partition coefficient (Wildman–Crippen LogP) is 25.5. The van der Waals surface area contributed by atoms with E-state index in [1.165, 1.54) is 321 Å². The molecular weight excluding hydrogens is 1140 g/mol. The molecule has 1 N–H and O–H groups in total. The molecule has 3 unspecified atom stereocenters. The number of nitrogens with zero attached hydrogens (tertiary/aromatic N) is 1. The summed E-state index contributed by atoms with van der Waals surface area (Å²) in [6, 6.07) is -0.885. The van der Waals surface area contributed by atoms with Gasteiger partial charge in [-0.2, -0.15) is 0 Å². The van der Waals surface area contributed by atoms with Crippen LogP contribution in [-0.4, -0.2) is 69.4 Å². The van der Waals surface area contributed by atoms with Crippen LogP contribution in [0.3, 0.4) is 0 Å². The van der Waals surface area contributed by atoms with Crippen LogP contribution in [0.25, 0.3) is 0 Å². The van der Waals surface area contributed by atoms with E-state index in [-0.39, 0.29) is 31.5 Å². The molecule has 0 saturated carbocycles. The molecule has 0 aromatic heterocycles. The topological polar surface area (TPSA) is 114 Å². The lowest BCUT2D eigenvalue weighted by atomic mass is 10.0. The summed E-state index contributed by atoms with van der Waals surface area (Å²) in [5, 5.41) is 3.06. The number of phosphoric ester groups is 1. The number of carbonyl (C=O) groups is 2. The minimum atomic E-state index is -4.71. The number of allylic oxidation sites excluding steroid dienone is 5. The zero-order valence-electron chi connectivity index (χ0n) is 61.8. The number of hydrogen-bond donors (Lipinski definition) is 1. The summed E-state index contributed by atoms with van der Waals surface area (Å²) in [7, 11) is 1.21. The predicted molar refractivity (Wildman–Crippen MR) is 395 cm³/mol. The molecule has 0 heterocycles. The van der Waals surface area contributed by atoms with Crippen LogP contribution >= 0.6 is 7.82 Å². The number of esters is 1. The van der Waals surface area contributed by atoms with E-state index in [2.05, 4.69) is 50.4 Å². The maximum absolute atomic E-state index is 13.7. The van der Waals surface area contributed by atoms with Gasteiger partial charge in [0, 0.05) is 12.8 Å². The summed E-state index contributed by atoms with van der Waals surface area (Å²) in [4.78, 5) is 40.4. The normalized spacial score (nSPS) is 13.5. The Kier molecular flexibility index (Phi) is 69.6. The van der Waals surface area contributed by atoms with Gasteiger partial charge >= 0.3 is 5.97 Å². The van der Waals surface area contributed by atoms with Crippen molar-refractivity contribution < 1.29 is 37.3 Å². The molecule has 9 nitrogen and oxygen atoms in total. The van der Waals surface area contributed by atoms with Gasteiger partial charge in [0.05, 0.1) is 33.8 Å². The molecule has 0 aromatic carbocycles. The standard InChI is InChI=1S/C81H157N2O7P/c1-7-10-13-16-19-22-25-28-30-32-34-36-38-40-41-43-45-47-49-51-53-56-59-62-65-68-71-74-81(85)90-79(72-69-66-63-60-57-54-27-24-21-18-15-12-9-3)78(77-89-91(86,87)88-76-75-83(4,5)6)82-80(84)73-70-67-64-61-58-55-52-50-48-46-44-42-39-37-35-33-31-29-26-23-20-17-14-11-8-2/h19,22,28,30,69,72,78-79H,7-18,20-21,23-27,29,31-68,70-71,73-77H2,1-6H3,(H-,82,84,86,87)/b22-19-,30-28-,72-69+. The minimum absolute atomic E-state index is 0.0182. The van der Waals surface area contributed by atoms with Crippen molar-refractivity contribution in [3.05, 3.63) is 36.5 Å². The van der Waals surface area contributed by atoms with Crippen molar-refractivity contribution in [3.8, 4) is 0 Å². The van der Waals surface area contributed by atoms with Crippen molar-refractivity contribution in [2.45, 2.75) is 431 Å². The molecule has 91 heavy (non-hydrogen) atoms. The number of ether oxygens (including phenoxy) is 1. The van der Waals surface area contributed by atoms with Crippen molar-refractivity contribution in [1.29, 1.82) is 0 Å². The Morgan fingerprint density at radius 1 is 0.385 bits per heavy atom. The molecule has 0 rings (SSSR count). The number of nitrogens with one attached hydrogen (secondary N) is 1. The smallest absolute Gasteiger partial charge is 0.306 e. The van der Waals surface area contributed by atoms with E-state index in [0.29, 0.717) is 17.4 Å². The van der Waals surface area contributed by atoms with Gasteiger partial charge in [-0.25, -0.2) is 0 Å². The molecule has 538 valence electrons. The van der Waals surface area contributed by atoms with E-state index in [1.54, 1.807) is 0 Å². The third-order valence-corrected chi connectivity index (χ3v) is 19.5. The summed E-state index contributed by atoms with van der Waals surface area (Å²) in [5.41, 5.74) is 0. The molecule has 0 fully saturated rings. The summed E-state index contributed by atoms with van der Waals surface area (Å²) >= 11 is 0. The number of likely N-dealkylation sites (N-methyl/N-ethyl adjacent to an activating group) is 1. The average molecular weight is 1300 g/mol. The maximum atomic E-state index is 13.7. The summed E-state index contributed by atoms with van der Waals surface area (Å²) in [6.45, 7) is 6.91. The molecule has 10 heteroatoms. The molecular formula is C81H157N2O7P. The molecule has 0 aromatic rings. The largest absolute Gasteiger partial charge is 0.756 e. The molecule has 0 radical (unpaired) electrons. The van der Waals surface area contributed by atoms with Crippen LogP contribution in [0.2, 0.25) is 0 Å². The monoisotopic (exact) mass is 1300 g/mol. The number of hydrogen-bond acceptors (Lipinski definition) is 7. The molecule has 0 aliphatic rings. The highest BCUT2D eigenvalue weighted by Crippen LogP contribution is 2.38. The summed E-state index contributed by atoms with van der Waals surface area (Å²) in [6.07, 6.45) is 90.1. The highest BCUT2D eigenvalue weighted by molar-refractivity contribution is 7.45. The van der Waals surface area contributed by atoms with Crippen molar-refractivity contribution in [1.82, 2.24) is 5.32 Å².